The van der Waals surface area contributed by atoms with Gasteiger partial charge in [-0.2, -0.15) is 4.58 Å². The van der Waals surface area contributed by atoms with Crippen molar-refractivity contribution in [3.63, 3.8) is 0 Å². The first-order valence-electron chi connectivity index (χ1n) is 5.97. The highest BCUT2D eigenvalue weighted by Gasteiger charge is 2.45. The molecule has 0 spiro atoms. The van der Waals surface area contributed by atoms with Gasteiger partial charge >= 0.3 is 5.70 Å². The van der Waals surface area contributed by atoms with Crippen molar-refractivity contribution >= 4 is 11.4 Å². The van der Waals surface area contributed by atoms with Crippen molar-refractivity contribution in [1.82, 2.24) is 0 Å². The van der Waals surface area contributed by atoms with Crippen molar-refractivity contribution in [3.8, 4) is 0 Å². The number of hydrogen-bond donors (Lipinski definition) is 0. The van der Waals surface area contributed by atoms with E-state index in [1.54, 1.807) is 0 Å². The van der Waals surface area contributed by atoms with Crippen LogP contribution in [0.1, 0.15) is 6.42 Å². The number of para-hydroxylation sites is 1. The van der Waals surface area contributed by atoms with E-state index in [1.165, 1.54) is 22.7 Å². The molecule has 3 aliphatic heterocycles. The molecule has 0 fully saturated rings. The van der Waals surface area contributed by atoms with Gasteiger partial charge in [-0.3, -0.25) is 0 Å². The van der Waals surface area contributed by atoms with Crippen LogP contribution in [-0.4, -0.2) is 28.1 Å². The molecule has 0 unspecified atom stereocenters. The van der Waals surface area contributed by atoms with Gasteiger partial charge in [0, 0.05) is 12.1 Å². The van der Waals surface area contributed by atoms with E-state index in [2.05, 4.69) is 50.9 Å². The van der Waals surface area contributed by atoms with E-state index >= 15 is 0 Å². The minimum atomic E-state index is 0. The van der Waals surface area contributed by atoms with Crippen molar-refractivity contribution in [2.45, 2.75) is 6.42 Å². The Morgan fingerprint density at radius 3 is 2.63 bits per heavy atom. The lowest BCUT2D eigenvalue weighted by Crippen LogP contribution is -3.00. The highest BCUT2D eigenvalue weighted by Crippen LogP contribution is 2.31. The van der Waals surface area contributed by atoms with Crippen LogP contribution in [0.25, 0.3) is 0 Å². The molecular weight excluding hydrogens is 370 g/mol. The smallest absolute Gasteiger partial charge is 0.312 e. The summed E-state index contributed by atoms with van der Waals surface area (Å²) >= 11 is 0. The summed E-state index contributed by atoms with van der Waals surface area (Å²) in [7, 11) is 0. The molecule has 0 saturated heterocycles. The van der Waals surface area contributed by atoms with Gasteiger partial charge in [-0.15, -0.1) is 0 Å². The second-order valence-corrected chi connectivity index (χ2v) is 4.56. The van der Waals surface area contributed by atoms with Crippen molar-refractivity contribution in [2.24, 2.45) is 5.11 Å². The summed E-state index contributed by atoms with van der Waals surface area (Å²) < 4.78 is 4.45. The molecule has 0 radical (unpaired) electrons. The molecule has 0 amide bonds. The number of nitrogens with zero attached hydrogens (tertiary/aromatic N) is 3. The molecule has 0 N–H and O–H groups in total. The maximum Gasteiger partial charge on any atom is 0.312 e. The fourth-order valence-electron chi connectivity index (χ4n) is 2.77. The molecule has 1 aromatic rings. The van der Waals surface area contributed by atoms with E-state index < -0.39 is 0 Å². The monoisotopic (exact) mass is 381 g/mol. The highest BCUT2D eigenvalue weighted by atomic mass is 79.9. The largest absolute Gasteiger partial charge is 1.00 e. The Hall–Kier alpha value is -1.07. The van der Waals surface area contributed by atoms with E-state index in [0.717, 1.165) is 19.5 Å². The molecular formula is C14H13Br2N3. The molecule has 0 bridgehead atoms. The van der Waals surface area contributed by atoms with Gasteiger partial charge < -0.3 is 34.0 Å². The van der Waals surface area contributed by atoms with E-state index in [0.29, 0.717) is 0 Å². The van der Waals surface area contributed by atoms with Crippen molar-refractivity contribution in [2.75, 3.05) is 13.1 Å². The summed E-state index contributed by atoms with van der Waals surface area (Å²) in [5.74, 6) is 0. The Labute approximate surface area is 133 Å². The van der Waals surface area contributed by atoms with Crippen LogP contribution < -0.4 is 34.0 Å². The van der Waals surface area contributed by atoms with Crippen LogP contribution in [0.15, 0.2) is 59.0 Å². The number of benzene rings is 1. The van der Waals surface area contributed by atoms with Gasteiger partial charge in [0.15, 0.2) is 12.7 Å². The molecule has 5 heteroatoms. The minimum Gasteiger partial charge on any atom is -1.00 e. The third kappa shape index (κ3) is 2.15. The van der Waals surface area contributed by atoms with E-state index in [1.807, 2.05) is 6.07 Å². The number of hydrogen-bond acceptors (Lipinski definition) is 1. The Kier molecular flexibility index (Phi) is 4.16. The lowest BCUT2D eigenvalue weighted by atomic mass is 10.1. The van der Waals surface area contributed by atoms with Crippen molar-refractivity contribution in [1.29, 1.82) is 0 Å². The zero-order valence-electron chi connectivity index (χ0n) is 10.3. The maximum atomic E-state index is 4.63. The maximum absolute atomic E-state index is 4.63. The quantitative estimate of drug-likeness (QED) is 0.448. The highest BCUT2D eigenvalue weighted by molar-refractivity contribution is 5.98. The van der Waals surface area contributed by atoms with Crippen LogP contribution in [0.3, 0.4) is 0 Å². The first kappa shape index (κ1) is 14.3. The molecule has 3 heterocycles. The summed E-state index contributed by atoms with van der Waals surface area (Å²) in [6.45, 7) is 1.87. The topological polar surface area (TPSA) is 18.4 Å². The molecule has 0 aromatic heterocycles. The lowest BCUT2D eigenvalue weighted by molar-refractivity contribution is -0.464. The third-order valence-electron chi connectivity index (χ3n) is 3.53. The number of fused-ring (bicyclic) bond motifs is 1. The summed E-state index contributed by atoms with van der Waals surface area (Å²) in [6.07, 6.45) is 5.45. The summed E-state index contributed by atoms with van der Waals surface area (Å²) in [5, 5.41) is 4.63. The average Bonchev–Trinajstić information content (AvgIpc) is 3.00. The number of rotatable bonds is 1. The predicted octanol–water partition coefficient (Wildman–Crippen LogP) is -3.56. The fraction of sp³-hybridized carbons (Fsp3) is 0.214. The van der Waals surface area contributed by atoms with Gasteiger partial charge in [-0.05, 0) is 15.9 Å². The SMILES string of the molecule is C1=C[N+]2=C(C1)C1=C(CN=[N+]1c1ccccc1)C2.[Br-].[Br-]. The Morgan fingerprint density at radius 2 is 1.84 bits per heavy atom. The Bertz CT molecular complexity index is 627. The summed E-state index contributed by atoms with van der Waals surface area (Å²) in [5.41, 5.74) is 5.36. The van der Waals surface area contributed by atoms with Crippen LogP contribution in [0.2, 0.25) is 0 Å². The van der Waals surface area contributed by atoms with Gasteiger partial charge in [0.1, 0.15) is 12.1 Å². The first-order chi connectivity index (χ1) is 8.43. The van der Waals surface area contributed by atoms with Gasteiger partial charge in [0.25, 0.3) is 5.71 Å². The normalized spacial score (nSPS) is 18.8. The fourth-order valence-corrected chi connectivity index (χ4v) is 2.77. The van der Waals surface area contributed by atoms with E-state index in [9.17, 15) is 0 Å². The van der Waals surface area contributed by atoms with Crippen molar-refractivity contribution < 1.29 is 43.2 Å². The van der Waals surface area contributed by atoms with Gasteiger partial charge in [-0.1, -0.05) is 18.2 Å². The van der Waals surface area contributed by atoms with E-state index in [-0.39, 0.29) is 34.0 Å². The first-order valence-corrected chi connectivity index (χ1v) is 5.97. The van der Waals surface area contributed by atoms with Gasteiger partial charge in [0.2, 0.25) is 5.69 Å². The van der Waals surface area contributed by atoms with Crippen LogP contribution in [0, 0.1) is 0 Å². The molecule has 3 aliphatic rings. The van der Waals surface area contributed by atoms with Crippen LogP contribution in [0.4, 0.5) is 5.69 Å². The molecule has 0 saturated carbocycles. The lowest BCUT2D eigenvalue weighted by Gasteiger charge is -1.95. The molecule has 4 rings (SSSR count). The van der Waals surface area contributed by atoms with E-state index in [4.69, 9.17) is 0 Å². The van der Waals surface area contributed by atoms with Crippen LogP contribution in [0.5, 0.6) is 0 Å². The van der Waals surface area contributed by atoms with Crippen molar-refractivity contribution in [3.05, 3.63) is 53.9 Å². The average molecular weight is 383 g/mol. The van der Waals surface area contributed by atoms with Crippen LogP contribution in [-0.2, 0) is 0 Å². The molecule has 0 aliphatic carbocycles. The standard InChI is InChI=1S/C14H13N3.2BrH/c1-2-5-12(6-3-1)17-14-11(9-15-17)10-16-8-4-7-13(14)16;;/h1-6,8H,7,9-10H2;2*1H/q+2;;/p-2. The zero-order chi connectivity index (χ0) is 11.2. The van der Waals surface area contributed by atoms with Gasteiger partial charge in [0.05, 0.1) is 6.42 Å². The summed E-state index contributed by atoms with van der Waals surface area (Å²) in [4.78, 5) is 0. The molecule has 0 atom stereocenters. The Balaban J connectivity index is 0.000000667. The second-order valence-electron chi connectivity index (χ2n) is 4.56. The molecule has 98 valence electrons. The zero-order valence-corrected chi connectivity index (χ0v) is 13.4. The third-order valence-corrected chi connectivity index (χ3v) is 3.53. The number of azo groups is 2. The minimum absolute atomic E-state index is 0. The van der Waals surface area contributed by atoms with Crippen LogP contribution >= 0.6 is 0 Å². The predicted molar refractivity (Wildman–Crippen MR) is 64.6 cm³/mol. The number of halogens is 2. The second kappa shape index (κ2) is 5.51. The molecule has 19 heavy (non-hydrogen) atoms. The molecule has 3 nitrogen and oxygen atoms in total. The van der Waals surface area contributed by atoms with Gasteiger partial charge in [-0.25, -0.2) is 0 Å². The number of allylic oxidation sites excluding steroid dienone is 2. The molecule has 1 aromatic carbocycles. The Morgan fingerprint density at radius 1 is 1.05 bits per heavy atom. The summed E-state index contributed by atoms with van der Waals surface area (Å²) in [6, 6.07) is 10.4.